The van der Waals surface area contributed by atoms with Crippen LogP contribution in [-0.2, 0) is 4.79 Å². The van der Waals surface area contributed by atoms with Crippen molar-refractivity contribution in [1.29, 1.82) is 0 Å². The number of aromatic nitrogens is 2. The number of non-ortho nitro benzene ring substituents is 1. The zero-order chi connectivity index (χ0) is 17.1. The van der Waals surface area contributed by atoms with Crippen LogP contribution in [0.3, 0.4) is 0 Å². The Morgan fingerprint density at radius 2 is 2.00 bits per heavy atom. The number of amides is 1. The quantitative estimate of drug-likeness (QED) is 0.444. The third-order valence-corrected chi connectivity index (χ3v) is 3.94. The fourth-order valence-electron chi connectivity index (χ4n) is 2.02. The van der Waals surface area contributed by atoms with Crippen molar-refractivity contribution < 1.29 is 9.72 Å². The van der Waals surface area contributed by atoms with Gasteiger partial charge in [-0.3, -0.25) is 14.9 Å². The molecule has 119 valence electrons. The first-order chi connectivity index (χ1) is 11.5. The van der Waals surface area contributed by atoms with Crippen LogP contribution in [0, 0.1) is 16.3 Å². The van der Waals surface area contributed by atoms with Crippen molar-refractivity contribution in [1.82, 2.24) is 9.97 Å². The van der Waals surface area contributed by atoms with E-state index < -0.39 is 4.92 Å². The second-order valence-electron chi connectivity index (χ2n) is 4.88. The van der Waals surface area contributed by atoms with Gasteiger partial charge in [-0.2, -0.15) is 0 Å². The molecule has 0 unspecified atom stereocenters. The summed E-state index contributed by atoms with van der Waals surface area (Å²) in [6.45, 7) is 1.45. The van der Waals surface area contributed by atoms with Gasteiger partial charge in [-0.25, -0.2) is 9.97 Å². The highest BCUT2D eigenvalue weighted by atomic mass is 32.2. The molecular formula is C16H11N4O3S. The van der Waals surface area contributed by atoms with E-state index in [4.69, 9.17) is 0 Å². The van der Waals surface area contributed by atoms with Crippen LogP contribution in [0.15, 0.2) is 52.5 Å². The molecule has 3 rings (SSSR count). The van der Waals surface area contributed by atoms with Crippen molar-refractivity contribution in [2.45, 2.75) is 17.0 Å². The van der Waals surface area contributed by atoms with Gasteiger partial charge in [0.25, 0.3) is 5.69 Å². The molecule has 0 bridgehead atoms. The predicted molar refractivity (Wildman–Crippen MR) is 89.9 cm³/mol. The lowest BCUT2D eigenvalue weighted by Crippen LogP contribution is -2.05. The molecule has 0 spiro atoms. The number of carbonyl (C=O) groups excluding carboxylic acids is 1. The highest BCUT2D eigenvalue weighted by Gasteiger charge is 2.09. The third-order valence-electron chi connectivity index (χ3n) is 3.06. The van der Waals surface area contributed by atoms with Crippen LogP contribution < -0.4 is 5.32 Å². The summed E-state index contributed by atoms with van der Waals surface area (Å²) >= 11 is 1.31. The van der Waals surface area contributed by atoms with E-state index in [1.54, 1.807) is 18.2 Å². The van der Waals surface area contributed by atoms with Crippen LogP contribution in [-0.4, -0.2) is 20.8 Å². The van der Waals surface area contributed by atoms with Gasteiger partial charge < -0.3 is 5.32 Å². The van der Waals surface area contributed by atoms with E-state index in [2.05, 4.69) is 21.5 Å². The molecule has 3 aromatic rings. The molecule has 0 atom stereocenters. The minimum absolute atomic E-state index is 0.0230. The Labute approximate surface area is 141 Å². The van der Waals surface area contributed by atoms with Crippen LogP contribution >= 0.6 is 11.8 Å². The number of fused-ring (bicyclic) bond motifs is 1. The molecule has 1 aromatic heterocycles. The van der Waals surface area contributed by atoms with Crippen molar-refractivity contribution >= 4 is 39.9 Å². The van der Waals surface area contributed by atoms with Gasteiger partial charge in [-0.05, 0) is 42.1 Å². The molecule has 1 radical (unpaired) electrons. The van der Waals surface area contributed by atoms with Gasteiger partial charge in [0.2, 0.25) is 5.91 Å². The Morgan fingerprint density at radius 1 is 1.25 bits per heavy atom. The van der Waals surface area contributed by atoms with Gasteiger partial charge in [-0.1, -0.05) is 0 Å². The zero-order valence-electron chi connectivity index (χ0n) is 12.5. The van der Waals surface area contributed by atoms with Crippen molar-refractivity contribution in [3.05, 3.63) is 58.8 Å². The van der Waals surface area contributed by atoms with E-state index >= 15 is 0 Å². The zero-order valence-corrected chi connectivity index (χ0v) is 13.3. The maximum absolute atomic E-state index is 11.0. The summed E-state index contributed by atoms with van der Waals surface area (Å²) in [6.07, 6.45) is 2.83. The highest BCUT2D eigenvalue weighted by Crippen LogP contribution is 2.27. The Balaban J connectivity index is 1.84. The van der Waals surface area contributed by atoms with Gasteiger partial charge in [0.1, 0.15) is 6.20 Å². The van der Waals surface area contributed by atoms with E-state index in [0.717, 1.165) is 4.90 Å². The van der Waals surface area contributed by atoms with Gasteiger partial charge >= 0.3 is 0 Å². The average molecular weight is 339 g/mol. The van der Waals surface area contributed by atoms with Crippen LogP contribution in [0.25, 0.3) is 10.9 Å². The lowest BCUT2D eigenvalue weighted by Gasteiger charge is -2.04. The largest absolute Gasteiger partial charge is 0.326 e. The normalized spacial score (nSPS) is 10.5. The van der Waals surface area contributed by atoms with Crippen LogP contribution in [0.4, 0.5) is 11.4 Å². The smallest absolute Gasteiger partial charge is 0.271 e. The standard InChI is InChI=1S/C16H11N4O3S/c1-10(21)18-12-3-6-14(7-4-12)24-16-17-9-11-2-5-13(20(22)23)8-15(11)19-16/h2-8H,1H3,(H,18,21). The summed E-state index contributed by atoms with van der Waals surface area (Å²) in [5.74, 6) is -0.135. The molecule has 2 aromatic carbocycles. The molecular weight excluding hydrogens is 328 g/mol. The Hall–Kier alpha value is -3.00. The number of rotatable bonds is 4. The van der Waals surface area contributed by atoms with E-state index in [1.807, 2.05) is 12.1 Å². The summed E-state index contributed by atoms with van der Waals surface area (Å²) in [7, 11) is 0. The molecule has 24 heavy (non-hydrogen) atoms. The number of carbonyl (C=O) groups is 1. The number of nitrogens with one attached hydrogen (secondary N) is 1. The van der Waals surface area contributed by atoms with E-state index in [0.29, 0.717) is 21.7 Å². The Bertz CT molecular complexity index is 928. The fourth-order valence-corrected chi connectivity index (χ4v) is 2.74. The SMILES string of the molecule is CC(=O)Nc1ccc(Sc2n[c]c3ccc([N+](=O)[O-])cc3n2)cc1. The molecule has 0 aliphatic carbocycles. The minimum atomic E-state index is -0.463. The fraction of sp³-hybridized carbons (Fsp3) is 0.0625. The number of nitro benzene ring substituents is 1. The maximum Gasteiger partial charge on any atom is 0.271 e. The summed E-state index contributed by atoms with van der Waals surface area (Å²) < 4.78 is 0. The van der Waals surface area contributed by atoms with E-state index in [-0.39, 0.29) is 11.6 Å². The van der Waals surface area contributed by atoms with Gasteiger partial charge in [0.15, 0.2) is 5.16 Å². The predicted octanol–water partition coefficient (Wildman–Crippen LogP) is 3.45. The van der Waals surface area contributed by atoms with Crippen molar-refractivity contribution in [3.63, 3.8) is 0 Å². The lowest BCUT2D eigenvalue weighted by molar-refractivity contribution is -0.384. The summed E-state index contributed by atoms with van der Waals surface area (Å²) in [5, 5.41) is 14.6. The summed E-state index contributed by atoms with van der Waals surface area (Å²) in [6, 6.07) is 11.6. The number of nitrogens with zero attached hydrogens (tertiary/aromatic N) is 3. The van der Waals surface area contributed by atoms with Crippen molar-refractivity contribution in [2.24, 2.45) is 0 Å². The monoisotopic (exact) mass is 339 g/mol. The molecule has 0 fully saturated rings. The van der Waals surface area contributed by atoms with Crippen LogP contribution in [0.5, 0.6) is 0 Å². The molecule has 1 amide bonds. The number of hydrogen-bond acceptors (Lipinski definition) is 6. The van der Waals surface area contributed by atoms with Gasteiger partial charge in [-0.15, -0.1) is 0 Å². The average Bonchev–Trinajstić information content (AvgIpc) is 2.55. The van der Waals surface area contributed by atoms with Gasteiger partial charge in [0, 0.05) is 35.0 Å². The lowest BCUT2D eigenvalue weighted by atomic mass is 10.2. The molecule has 0 saturated heterocycles. The first-order valence-corrected chi connectivity index (χ1v) is 7.72. The molecule has 1 heterocycles. The first-order valence-electron chi connectivity index (χ1n) is 6.90. The number of nitro groups is 1. The van der Waals surface area contributed by atoms with Crippen LogP contribution in [0.2, 0.25) is 0 Å². The van der Waals surface area contributed by atoms with E-state index in [9.17, 15) is 14.9 Å². The Morgan fingerprint density at radius 3 is 2.67 bits per heavy atom. The molecule has 0 aliphatic rings. The van der Waals surface area contributed by atoms with Crippen LogP contribution in [0.1, 0.15) is 6.92 Å². The number of hydrogen-bond donors (Lipinski definition) is 1. The Kier molecular flexibility index (Phi) is 4.39. The summed E-state index contributed by atoms with van der Waals surface area (Å²) in [5.41, 5.74) is 1.15. The summed E-state index contributed by atoms with van der Waals surface area (Å²) in [4.78, 5) is 30.7. The molecule has 7 nitrogen and oxygen atoms in total. The molecule has 0 saturated carbocycles. The topological polar surface area (TPSA) is 98.0 Å². The number of benzene rings is 2. The highest BCUT2D eigenvalue weighted by molar-refractivity contribution is 7.99. The second-order valence-corrected chi connectivity index (χ2v) is 5.92. The first kappa shape index (κ1) is 15.9. The number of anilines is 1. The van der Waals surface area contributed by atoms with Gasteiger partial charge in [0.05, 0.1) is 10.4 Å². The van der Waals surface area contributed by atoms with E-state index in [1.165, 1.54) is 30.8 Å². The van der Waals surface area contributed by atoms with Crippen molar-refractivity contribution in [3.8, 4) is 0 Å². The molecule has 0 aliphatic heterocycles. The minimum Gasteiger partial charge on any atom is -0.326 e. The van der Waals surface area contributed by atoms with Crippen molar-refractivity contribution in [2.75, 3.05) is 5.32 Å². The third kappa shape index (κ3) is 3.66. The molecule has 8 heteroatoms. The maximum atomic E-state index is 11.0. The molecule has 1 N–H and O–H groups in total. The second kappa shape index (κ2) is 6.63.